The van der Waals surface area contributed by atoms with Crippen LogP contribution in [0.3, 0.4) is 0 Å². The van der Waals surface area contributed by atoms with E-state index in [9.17, 15) is 9.90 Å². The molecular formula is C17H25NO3. The Balaban J connectivity index is 2.13. The third-order valence-electron chi connectivity index (χ3n) is 4.49. The van der Waals surface area contributed by atoms with Gasteiger partial charge in [-0.15, -0.1) is 0 Å². The third kappa shape index (κ3) is 3.63. The van der Waals surface area contributed by atoms with Crippen molar-refractivity contribution < 1.29 is 14.6 Å². The van der Waals surface area contributed by atoms with Crippen LogP contribution in [0.2, 0.25) is 0 Å². The first-order chi connectivity index (χ1) is 9.84. The van der Waals surface area contributed by atoms with Crippen LogP contribution < -0.4 is 0 Å². The minimum absolute atomic E-state index is 0.136. The Morgan fingerprint density at radius 2 is 2.19 bits per heavy atom. The van der Waals surface area contributed by atoms with Crippen LogP contribution in [0, 0.1) is 0 Å². The second kappa shape index (κ2) is 6.16. The number of nitrogens with zero attached hydrogens (tertiary/aromatic N) is 1. The Hall–Kier alpha value is -1.39. The summed E-state index contributed by atoms with van der Waals surface area (Å²) in [4.78, 5) is 13.7. The monoisotopic (exact) mass is 291 g/mol. The zero-order valence-electron chi connectivity index (χ0n) is 13.3. The van der Waals surface area contributed by atoms with E-state index in [1.807, 2.05) is 12.1 Å². The van der Waals surface area contributed by atoms with E-state index in [1.165, 1.54) is 0 Å². The highest BCUT2D eigenvalue weighted by Crippen LogP contribution is 2.27. The summed E-state index contributed by atoms with van der Waals surface area (Å²) < 4.78 is 5.51. The fourth-order valence-corrected chi connectivity index (χ4v) is 3.13. The average Bonchev–Trinajstić information content (AvgIpc) is 2.45. The minimum atomic E-state index is -0.825. The lowest BCUT2D eigenvalue weighted by Crippen LogP contribution is -2.42. The topological polar surface area (TPSA) is 49.8 Å². The Labute approximate surface area is 126 Å². The van der Waals surface area contributed by atoms with Gasteiger partial charge in [0.2, 0.25) is 0 Å². The van der Waals surface area contributed by atoms with Crippen LogP contribution in [-0.2, 0) is 17.7 Å². The molecule has 1 N–H and O–H groups in total. The molecule has 0 saturated heterocycles. The number of carboxylic acids is 1. The molecule has 0 aromatic heterocycles. The van der Waals surface area contributed by atoms with Gasteiger partial charge in [-0.05, 0) is 50.8 Å². The smallest absolute Gasteiger partial charge is 0.335 e. The second-order valence-electron chi connectivity index (χ2n) is 6.49. The van der Waals surface area contributed by atoms with Gasteiger partial charge < -0.3 is 9.84 Å². The van der Waals surface area contributed by atoms with Gasteiger partial charge in [0.1, 0.15) is 0 Å². The highest BCUT2D eigenvalue weighted by Gasteiger charge is 2.28. The second-order valence-corrected chi connectivity index (χ2v) is 6.49. The number of carboxylic acid groups (broad SMARTS) is 1. The lowest BCUT2D eigenvalue weighted by Gasteiger charge is -2.37. The van der Waals surface area contributed by atoms with Gasteiger partial charge >= 0.3 is 5.97 Å². The van der Waals surface area contributed by atoms with Gasteiger partial charge in [0, 0.05) is 26.2 Å². The maximum atomic E-state index is 11.3. The Kier molecular flexibility index (Phi) is 4.69. The Morgan fingerprint density at radius 1 is 1.48 bits per heavy atom. The van der Waals surface area contributed by atoms with E-state index < -0.39 is 5.97 Å². The first-order valence-electron chi connectivity index (χ1n) is 7.47. The van der Waals surface area contributed by atoms with Crippen LogP contribution in [0.4, 0.5) is 0 Å². The number of carbonyl (C=O) groups is 1. The lowest BCUT2D eigenvalue weighted by atomic mass is 9.92. The largest absolute Gasteiger partial charge is 0.478 e. The quantitative estimate of drug-likeness (QED) is 0.906. The van der Waals surface area contributed by atoms with Gasteiger partial charge in [-0.2, -0.15) is 0 Å². The molecule has 0 aliphatic carbocycles. The maximum absolute atomic E-state index is 11.3. The number of hydrogen-bond donors (Lipinski definition) is 1. The van der Waals surface area contributed by atoms with E-state index in [0.29, 0.717) is 11.6 Å². The van der Waals surface area contributed by atoms with Gasteiger partial charge in [-0.1, -0.05) is 12.1 Å². The van der Waals surface area contributed by atoms with E-state index in [1.54, 1.807) is 13.2 Å². The molecule has 1 aliphatic rings. The number of fused-ring (bicyclic) bond motifs is 1. The number of hydrogen-bond acceptors (Lipinski definition) is 3. The summed E-state index contributed by atoms with van der Waals surface area (Å²) in [5, 5.41) is 9.27. The first-order valence-corrected chi connectivity index (χ1v) is 7.47. The maximum Gasteiger partial charge on any atom is 0.335 e. The van der Waals surface area contributed by atoms with Crippen molar-refractivity contribution in [2.24, 2.45) is 0 Å². The van der Waals surface area contributed by atoms with Gasteiger partial charge in [0.15, 0.2) is 0 Å². The summed E-state index contributed by atoms with van der Waals surface area (Å²) in [6, 6.07) is 5.99. The molecule has 116 valence electrons. The van der Waals surface area contributed by atoms with E-state index in [-0.39, 0.29) is 5.60 Å². The predicted octanol–water partition coefficient (Wildman–Crippen LogP) is 2.95. The highest BCUT2D eigenvalue weighted by molar-refractivity contribution is 5.89. The molecule has 0 amide bonds. The molecule has 4 heteroatoms. The zero-order chi connectivity index (χ0) is 15.6. The molecule has 0 fully saturated rings. The summed E-state index contributed by atoms with van der Waals surface area (Å²) in [6.45, 7) is 8.14. The molecule has 0 radical (unpaired) electrons. The van der Waals surface area contributed by atoms with Crippen molar-refractivity contribution in [1.29, 1.82) is 0 Å². The van der Waals surface area contributed by atoms with Crippen LogP contribution in [0.15, 0.2) is 18.2 Å². The molecule has 0 saturated carbocycles. The molecule has 21 heavy (non-hydrogen) atoms. The van der Waals surface area contributed by atoms with Crippen molar-refractivity contribution in [3.8, 4) is 0 Å². The molecule has 0 bridgehead atoms. The molecule has 1 aliphatic heterocycles. The lowest BCUT2D eigenvalue weighted by molar-refractivity contribution is -0.00799. The Morgan fingerprint density at radius 3 is 2.81 bits per heavy atom. The number of ether oxygens (including phenoxy) is 1. The minimum Gasteiger partial charge on any atom is -0.478 e. The van der Waals surface area contributed by atoms with E-state index in [0.717, 1.165) is 37.1 Å². The van der Waals surface area contributed by atoms with Crippen molar-refractivity contribution >= 4 is 5.97 Å². The van der Waals surface area contributed by atoms with Crippen LogP contribution in [0.1, 0.15) is 48.7 Å². The first kappa shape index (κ1) is 16.0. The van der Waals surface area contributed by atoms with Gasteiger partial charge in [0.05, 0.1) is 11.2 Å². The normalized spacial score (nSPS) is 17.3. The summed E-state index contributed by atoms with van der Waals surface area (Å²) in [7, 11) is 1.75. The number of aromatic carboxylic acids is 1. The number of benzene rings is 1. The van der Waals surface area contributed by atoms with Crippen molar-refractivity contribution in [2.45, 2.75) is 51.8 Å². The molecule has 1 atom stereocenters. The summed E-state index contributed by atoms with van der Waals surface area (Å²) in [5.41, 5.74) is 2.46. The van der Waals surface area contributed by atoms with Crippen molar-refractivity contribution in [3.63, 3.8) is 0 Å². The molecule has 1 unspecified atom stereocenters. The third-order valence-corrected chi connectivity index (χ3v) is 4.49. The standard InChI is InChI=1S/C17H25NO3/c1-12(10-17(2,3)21-4)18-9-8-14-13(11-18)6-5-7-15(14)16(19)20/h5-7,12H,8-11H2,1-4H3,(H,19,20). The van der Waals surface area contributed by atoms with Crippen LogP contribution in [0.5, 0.6) is 0 Å². The molecule has 0 spiro atoms. The fourth-order valence-electron chi connectivity index (χ4n) is 3.13. The van der Waals surface area contributed by atoms with Gasteiger partial charge in [-0.25, -0.2) is 4.79 Å². The van der Waals surface area contributed by atoms with Crippen LogP contribution >= 0.6 is 0 Å². The molecule has 1 heterocycles. The summed E-state index contributed by atoms with van der Waals surface area (Å²) >= 11 is 0. The average molecular weight is 291 g/mol. The zero-order valence-corrected chi connectivity index (χ0v) is 13.3. The van der Waals surface area contributed by atoms with Crippen molar-refractivity contribution in [3.05, 3.63) is 34.9 Å². The van der Waals surface area contributed by atoms with Gasteiger partial charge in [-0.3, -0.25) is 4.90 Å². The molecule has 1 aromatic carbocycles. The Bertz CT molecular complexity index is 525. The molecule has 4 nitrogen and oxygen atoms in total. The molecule has 1 aromatic rings. The van der Waals surface area contributed by atoms with E-state index in [2.05, 4.69) is 25.7 Å². The summed E-state index contributed by atoms with van der Waals surface area (Å²) in [5.74, 6) is -0.825. The van der Waals surface area contributed by atoms with Gasteiger partial charge in [0.25, 0.3) is 0 Å². The predicted molar refractivity (Wildman–Crippen MR) is 82.7 cm³/mol. The summed E-state index contributed by atoms with van der Waals surface area (Å²) in [6.07, 6.45) is 1.76. The van der Waals surface area contributed by atoms with Crippen LogP contribution in [-0.4, -0.2) is 41.3 Å². The van der Waals surface area contributed by atoms with Crippen LogP contribution in [0.25, 0.3) is 0 Å². The van der Waals surface area contributed by atoms with E-state index >= 15 is 0 Å². The number of rotatable bonds is 5. The highest BCUT2D eigenvalue weighted by atomic mass is 16.5. The number of methoxy groups -OCH3 is 1. The van der Waals surface area contributed by atoms with Crippen molar-refractivity contribution in [2.75, 3.05) is 13.7 Å². The molecular weight excluding hydrogens is 266 g/mol. The van der Waals surface area contributed by atoms with E-state index in [4.69, 9.17) is 4.74 Å². The SMILES string of the molecule is COC(C)(C)CC(C)N1CCc2c(cccc2C(=O)O)C1. The fraction of sp³-hybridized carbons (Fsp3) is 0.588. The molecule has 2 rings (SSSR count). The van der Waals surface area contributed by atoms with Crippen molar-refractivity contribution in [1.82, 2.24) is 4.90 Å².